The smallest absolute Gasteiger partial charge is 0.263 e. The fraction of sp³-hybridized carbons (Fsp3) is 0.222. The molecule has 2 aliphatic rings. The van der Waals surface area contributed by atoms with Crippen LogP contribution in [0.15, 0.2) is 47.1 Å². The van der Waals surface area contributed by atoms with Gasteiger partial charge in [0.15, 0.2) is 11.6 Å². The summed E-state index contributed by atoms with van der Waals surface area (Å²) in [5.74, 6) is 2.49. The van der Waals surface area contributed by atoms with E-state index in [2.05, 4.69) is 29.0 Å². The van der Waals surface area contributed by atoms with E-state index in [4.69, 9.17) is 22.2 Å². The van der Waals surface area contributed by atoms with Crippen molar-refractivity contribution in [3.05, 3.63) is 47.1 Å². The highest BCUT2D eigenvalue weighted by Gasteiger charge is 2.32. The molecule has 0 unspecified atom stereocenters. The van der Waals surface area contributed by atoms with E-state index in [-0.39, 0.29) is 5.91 Å². The Bertz CT molecular complexity index is 932. The molecular formula is C18H17N5OS2. The Morgan fingerprint density at radius 3 is 2.12 bits per heavy atom. The average Bonchev–Trinajstić information content (AvgIpc) is 3.12. The lowest BCUT2D eigenvalue weighted by molar-refractivity contribution is -0.115. The van der Waals surface area contributed by atoms with Crippen molar-refractivity contribution in [2.45, 2.75) is 13.8 Å². The largest absolute Gasteiger partial charge is 0.310 e. The Morgan fingerprint density at radius 1 is 1.08 bits per heavy atom. The third kappa shape index (κ3) is 2.75. The number of carbonyl (C=O) groups is 1. The van der Waals surface area contributed by atoms with Crippen molar-refractivity contribution < 1.29 is 4.79 Å². The lowest BCUT2D eigenvalue weighted by Gasteiger charge is -2.21. The molecule has 132 valence electrons. The molecule has 1 aromatic heterocycles. The molecule has 4 rings (SSSR count). The van der Waals surface area contributed by atoms with Crippen LogP contribution < -0.4 is 15.1 Å². The van der Waals surface area contributed by atoms with Crippen LogP contribution in [-0.2, 0) is 4.79 Å². The highest BCUT2D eigenvalue weighted by atomic mass is 32.2. The summed E-state index contributed by atoms with van der Waals surface area (Å²) in [6.07, 6.45) is 3.75. The Kier molecular flexibility index (Phi) is 4.37. The lowest BCUT2D eigenvalue weighted by Crippen LogP contribution is -2.28. The number of rotatable bonds is 3. The number of benzene rings is 1. The third-order valence-corrected chi connectivity index (χ3v) is 5.44. The Labute approximate surface area is 161 Å². The van der Waals surface area contributed by atoms with Crippen LogP contribution in [-0.4, -0.2) is 33.3 Å². The average molecular weight is 384 g/mol. The van der Waals surface area contributed by atoms with Crippen molar-refractivity contribution in [3.63, 3.8) is 0 Å². The normalized spacial score (nSPS) is 18.1. The summed E-state index contributed by atoms with van der Waals surface area (Å²) in [7, 11) is 0. The molecule has 0 saturated carbocycles. The third-order valence-electron chi connectivity index (χ3n) is 4.26. The van der Waals surface area contributed by atoms with E-state index in [9.17, 15) is 4.79 Å². The first-order valence-corrected chi connectivity index (χ1v) is 9.61. The topological polar surface area (TPSA) is 61.4 Å². The minimum Gasteiger partial charge on any atom is -0.310 e. The Hall–Kier alpha value is -2.45. The summed E-state index contributed by atoms with van der Waals surface area (Å²) in [6.45, 7) is 5.66. The maximum atomic E-state index is 11.9. The molecule has 1 saturated heterocycles. The van der Waals surface area contributed by atoms with Crippen LogP contribution in [0.1, 0.15) is 13.8 Å². The predicted molar refractivity (Wildman–Crippen MR) is 110 cm³/mol. The second-order valence-corrected chi connectivity index (χ2v) is 7.47. The zero-order chi connectivity index (χ0) is 18.3. The monoisotopic (exact) mass is 383 g/mol. The lowest BCUT2D eigenvalue weighted by atomic mass is 10.3. The van der Waals surface area contributed by atoms with Crippen LogP contribution in [0.2, 0.25) is 0 Å². The van der Waals surface area contributed by atoms with E-state index in [0.717, 1.165) is 41.6 Å². The van der Waals surface area contributed by atoms with Gasteiger partial charge in [-0.3, -0.25) is 4.79 Å². The molecule has 1 amide bonds. The number of fused-ring (bicyclic) bond motifs is 2. The van der Waals surface area contributed by atoms with Crippen LogP contribution in [0.4, 0.5) is 11.6 Å². The standard InChI is InChI=1S/C18H17N5OS2/c1-3-22-14(10-9-13-17(24)21-18(25)26-13)23(4-2)16-15(22)19-11-7-5-6-8-12(11)20-16/h5-10H,3-4H2,1-2H3,(H,21,24,25)/b13-9-. The van der Waals surface area contributed by atoms with Gasteiger partial charge in [-0.2, -0.15) is 0 Å². The van der Waals surface area contributed by atoms with Gasteiger partial charge < -0.3 is 15.1 Å². The summed E-state index contributed by atoms with van der Waals surface area (Å²) >= 11 is 6.33. The second-order valence-electron chi connectivity index (χ2n) is 5.75. The van der Waals surface area contributed by atoms with Crippen LogP contribution in [0.5, 0.6) is 0 Å². The SMILES string of the molecule is CCN1C(=C/C=C2\SC(=S)NC2=O)N(CC)c2nc3ccccc3nc21. The summed E-state index contributed by atoms with van der Waals surface area (Å²) < 4.78 is 0.489. The van der Waals surface area contributed by atoms with Crippen molar-refractivity contribution in [1.82, 2.24) is 15.3 Å². The zero-order valence-corrected chi connectivity index (χ0v) is 16.0. The van der Waals surface area contributed by atoms with Gasteiger partial charge in [-0.1, -0.05) is 36.1 Å². The van der Waals surface area contributed by atoms with Crippen molar-refractivity contribution in [2.24, 2.45) is 0 Å². The van der Waals surface area contributed by atoms with Gasteiger partial charge in [-0.15, -0.1) is 0 Å². The zero-order valence-electron chi connectivity index (χ0n) is 14.4. The van der Waals surface area contributed by atoms with Gasteiger partial charge in [0, 0.05) is 13.1 Å². The highest BCUT2D eigenvalue weighted by molar-refractivity contribution is 8.26. The van der Waals surface area contributed by atoms with E-state index >= 15 is 0 Å². The Balaban J connectivity index is 1.81. The van der Waals surface area contributed by atoms with Gasteiger partial charge in [0.1, 0.15) is 10.1 Å². The van der Waals surface area contributed by atoms with E-state index in [1.54, 1.807) is 0 Å². The molecule has 0 spiro atoms. The summed E-state index contributed by atoms with van der Waals surface area (Å²) in [5.41, 5.74) is 1.74. The van der Waals surface area contributed by atoms with Crippen molar-refractivity contribution in [1.29, 1.82) is 0 Å². The number of carbonyl (C=O) groups excluding carboxylic acids is 1. The van der Waals surface area contributed by atoms with E-state index in [1.165, 1.54) is 11.8 Å². The summed E-state index contributed by atoms with van der Waals surface area (Å²) in [4.78, 5) is 26.4. The van der Waals surface area contributed by atoms with Gasteiger partial charge in [0.2, 0.25) is 0 Å². The first kappa shape index (κ1) is 17.0. The molecular weight excluding hydrogens is 366 g/mol. The van der Waals surface area contributed by atoms with E-state index < -0.39 is 0 Å². The van der Waals surface area contributed by atoms with Gasteiger partial charge in [0.25, 0.3) is 5.91 Å². The summed E-state index contributed by atoms with van der Waals surface area (Å²) in [6, 6.07) is 7.87. The molecule has 6 nitrogen and oxygen atoms in total. The Morgan fingerprint density at radius 2 is 1.65 bits per heavy atom. The quantitative estimate of drug-likeness (QED) is 0.645. The summed E-state index contributed by atoms with van der Waals surface area (Å²) in [5, 5.41) is 2.64. The van der Waals surface area contributed by atoms with E-state index in [0.29, 0.717) is 9.23 Å². The number of thioether (sulfide) groups is 1. The number of hydrogen-bond acceptors (Lipinski definition) is 7. The maximum absolute atomic E-state index is 11.9. The molecule has 2 aromatic rings. The molecule has 1 aromatic carbocycles. The minimum absolute atomic E-state index is 0.152. The number of amides is 1. The molecule has 2 aliphatic heterocycles. The number of anilines is 2. The second kappa shape index (κ2) is 6.69. The fourth-order valence-corrected chi connectivity index (χ4v) is 4.08. The number of aromatic nitrogens is 2. The van der Waals surface area contributed by atoms with Gasteiger partial charge in [0.05, 0.1) is 15.9 Å². The highest BCUT2D eigenvalue weighted by Crippen LogP contribution is 2.39. The molecule has 26 heavy (non-hydrogen) atoms. The van der Waals surface area contributed by atoms with Crippen molar-refractivity contribution in [3.8, 4) is 0 Å². The predicted octanol–water partition coefficient (Wildman–Crippen LogP) is 3.17. The molecule has 8 heteroatoms. The van der Waals surface area contributed by atoms with Crippen LogP contribution >= 0.6 is 24.0 Å². The molecule has 0 bridgehead atoms. The molecule has 1 fully saturated rings. The molecule has 3 heterocycles. The van der Waals surface area contributed by atoms with Crippen LogP contribution in [0, 0.1) is 0 Å². The number of para-hydroxylation sites is 2. The molecule has 0 aliphatic carbocycles. The van der Waals surface area contributed by atoms with Crippen molar-refractivity contribution in [2.75, 3.05) is 22.9 Å². The van der Waals surface area contributed by atoms with Gasteiger partial charge >= 0.3 is 0 Å². The first-order chi connectivity index (χ1) is 12.6. The first-order valence-electron chi connectivity index (χ1n) is 8.39. The maximum Gasteiger partial charge on any atom is 0.263 e. The number of hydrogen-bond donors (Lipinski definition) is 1. The number of nitrogens with one attached hydrogen (secondary N) is 1. The molecule has 0 radical (unpaired) electrons. The van der Waals surface area contributed by atoms with Crippen LogP contribution in [0.25, 0.3) is 11.0 Å². The van der Waals surface area contributed by atoms with Crippen molar-refractivity contribution >= 4 is 56.9 Å². The number of nitrogens with zero attached hydrogens (tertiary/aromatic N) is 4. The van der Waals surface area contributed by atoms with Gasteiger partial charge in [-0.05, 0) is 38.1 Å². The minimum atomic E-state index is -0.152. The van der Waals surface area contributed by atoms with E-state index in [1.807, 2.05) is 36.4 Å². The molecule has 1 N–H and O–H groups in total. The number of allylic oxidation sites excluding steroid dienone is 2. The fourth-order valence-electron chi connectivity index (χ4n) is 3.10. The van der Waals surface area contributed by atoms with Gasteiger partial charge in [-0.25, -0.2) is 9.97 Å². The number of thiocarbonyl (C=S) groups is 1. The van der Waals surface area contributed by atoms with Crippen LogP contribution in [0.3, 0.4) is 0 Å². The molecule has 0 atom stereocenters.